The molecule has 0 saturated heterocycles. The van der Waals surface area contributed by atoms with E-state index in [9.17, 15) is 14.4 Å². The summed E-state index contributed by atoms with van der Waals surface area (Å²) in [7, 11) is 1.27. The van der Waals surface area contributed by atoms with Gasteiger partial charge in [0, 0.05) is 17.2 Å². The number of Topliss-reactive ketones (excluding diaryl/α,β-unsaturated/α-hetero) is 1. The van der Waals surface area contributed by atoms with Crippen molar-refractivity contribution >= 4 is 91.2 Å². The molecule has 2 unspecified atom stereocenters. The molecule has 0 aromatic carbocycles. The van der Waals surface area contributed by atoms with Crippen molar-refractivity contribution in [3.63, 3.8) is 0 Å². The molecule has 0 saturated carbocycles. The van der Waals surface area contributed by atoms with Crippen molar-refractivity contribution in [3.05, 3.63) is 99.2 Å². The summed E-state index contributed by atoms with van der Waals surface area (Å²) in [6, 6.07) is 5.81. The average Bonchev–Trinajstić information content (AvgIpc) is 3.99. The summed E-state index contributed by atoms with van der Waals surface area (Å²) < 4.78 is 10.9. The topological polar surface area (TPSA) is 124 Å². The molecule has 3 aromatic heterocycles. The Balaban J connectivity index is 0.00000793. The van der Waals surface area contributed by atoms with Gasteiger partial charge in [-0.05, 0) is 112 Å². The van der Waals surface area contributed by atoms with E-state index in [1.165, 1.54) is 63.7 Å². The molecule has 10 heteroatoms. The van der Waals surface area contributed by atoms with Gasteiger partial charge in [0.2, 0.25) is 0 Å². The summed E-state index contributed by atoms with van der Waals surface area (Å²) in [6.07, 6.45) is 18.7. The van der Waals surface area contributed by atoms with Crippen LogP contribution in [-0.4, -0.2) is 64.5 Å². The monoisotopic (exact) mass is 909 g/mol. The van der Waals surface area contributed by atoms with Gasteiger partial charge < -0.3 is 19.4 Å². The van der Waals surface area contributed by atoms with Crippen LogP contribution in [0, 0.1) is 31.6 Å². The number of nitrogens with zero attached hydrogens (tertiary/aromatic N) is 4. The first-order chi connectivity index (χ1) is 30.6. The summed E-state index contributed by atoms with van der Waals surface area (Å²) in [5.41, 5.74) is 12.7. The molecule has 0 radical (unpaired) electrons. The first-order valence-corrected chi connectivity index (χ1v) is 23.4. The molecule has 65 heavy (non-hydrogen) atoms. The minimum atomic E-state index is -1.29. The van der Waals surface area contributed by atoms with E-state index in [-0.39, 0.29) is 29.7 Å². The van der Waals surface area contributed by atoms with Crippen LogP contribution in [0.3, 0.4) is 0 Å². The predicted octanol–water partition coefficient (Wildman–Crippen LogP) is 12.7. The molecule has 3 aliphatic rings. The van der Waals surface area contributed by atoms with Crippen LogP contribution in [0.4, 0.5) is 0 Å². The fourth-order valence-electron chi connectivity index (χ4n) is 9.45. The number of methoxy groups -OCH3 is 1. The molecule has 0 N–H and O–H groups in total. The SMILES string of the molecule is C=Cc1c(C)c2cc3nc(c4c5[n-]c(cc6nc(cc1[n-]2)C(C)=C6CC)c(C)c5C(=O)[C@@H]4C(=O)OC)C(/C=C/C(=O)O[13CH2]/[13CH]=[13C](\[13CH3])[13CH2][13CH2][13CH2][13CH]([13CH3])[13CH2][13CH2][13CH2][13CH]([13CH3])[13CH2][13CH2][13CH2][13CH]([13CH3])[13CH3])=C3C.[Mg+2]. The molecule has 5 heterocycles. The number of aryl methyl sites for hydroxylation is 2. The molecular formula is C55H68MgN4O5. The van der Waals surface area contributed by atoms with E-state index in [1.54, 1.807) is 12.2 Å². The molecule has 340 valence electrons. The Labute approximate surface area is 402 Å². The zero-order valence-electron chi connectivity index (χ0n) is 40.9. The van der Waals surface area contributed by atoms with Gasteiger partial charge >= 0.3 is 35.0 Å². The molecule has 2 aliphatic heterocycles. The van der Waals surface area contributed by atoms with Gasteiger partial charge in [-0.25, -0.2) is 14.8 Å². The van der Waals surface area contributed by atoms with Gasteiger partial charge in [-0.3, -0.25) is 9.59 Å². The van der Waals surface area contributed by atoms with E-state index in [2.05, 4.69) is 55.0 Å². The molecule has 3 aromatic rings. The van der Waals surface area contributed by atoms with E-state index < -0.39 is 23.6 Å². The second kappa shape index (κ2) is 22.6. The number of rotatable bonds is 19. The van der Waals surface area contributed by atoms with Crippen LogP contribution in [-0.2, 0) is 19.1 Å². The maximum Gasteiger partial charge on any atom is 2.00 e. The number of hydrogen-bond acceptors (Lipinski definition) is 7. The number of ether oxygens (including phenoxy) is 2. The van der Waals surface area contributed by atoms with Crippen LogP contribution < -0.4 is 9.97 Å². The fourth-order valence-corrected chi connectivity index (χ4v) is 9.45. The van der Waals surface area contributed by atoms with E-state index in [0.717, 1.165) is 75.8 Å². The van der Waals surface area contributed by atoms with Crippen molar-refractivity contribution in [2.24, 2.45) is 17.8 Å². The zero-order valence-corrected chi connectivity index (χ0v) is 42.3. The number of ketones is 1. The Bertz CT molecular complexity index is 2620. The summed E-state index contributed by atoms with van der Waals surface area (Å²) in [5.74, 6) is -0.610. The smallest absolute Gasteiger partial charge is 0.657 e. The molecule has 0 spiro atoms. The standard InChI is InChI=1S/C55H69N4O5.Mg/c1-13-39-35(8)42-28-44-37(10)41(24-25-48(60)64-27-26-34(7)23-17-22-33(6)21-16-20-32(5)19-15-18-31(3)4)52(58-44)50-51(55(62)63-12)54(61)49-38(11)45(59-53(49)50)30-47-40(14-2)36(9)43(57-47)29-46(39)56-42;/h13,24-26,28-33,51H,1,14-23,27H2,2-12H3,(H-,56,57,58,59,60,61);/q-1;+2/p-1/b34-26+,42-28?,43-29?,44-28?,45-30?,46-29?,47-30?,52-50?;/t32?,33?,51-;/m1./s1/i3+1,4+1,5+1,6+1,7+1,15+1,16+1,17+1,18+1,19+1,20+1,21+1,22+1,23+1,26+1,27+1,31+1,32+1,33+1,34+1;. The minimum Gasteiger partial charge on any atom is -0.657 e. The minimum absolute atomic E-state index is 0. The van der Waals surface area contributed by atoms with Crippen LogP contribution in [0.1, 0.15) is 181 Å². The van der Waals surface area contributed by atoms with Gasteiger partial charge in [0.05, 0.1) is 29.9 Å². The van der Waals surface area contributed by atoms with Gasteiger partial charge in [-0.1, -0.05) is 127 Å². The molecular weight excluding hydrogens is 841 g/mol. The molecule has 1 aliphatic carbocycles. The third-order valence-corrected chi connectivity index (χ3v) is 13.5. The molecule has 6 rings (SSSR count). The first kappa shape index (κ1) is 51.2. The Kier molecular flexibility index (Phi) is 17.8. The summed E-state index contributed by atoms with van der Waals surface area (Å²) in [6.45, 7) is 25.6. The van der Waals surface area contributed by atoms with Crippen molar-refractivity contribution in [1.82, 2.24) is 19.9 Å². The van der Waals surface area contributed by atoms with Crippen molar-refractivity contribution < 1.29 is 23.9 Å². The molecule has 3 atom stereocenters. The first-order valence-electron chi connectivity index (χ1n) is 23.4. The number of fused-ring (bicyclic) bond motifs is 8. The zero-order chi connectivity index (χ0) is 46.4. The summed E-state index contributed by atoms with van der Waals surface area (Å²) in [5, 5.41) is 0. The van der Waals surface area contributed by atoms with Crippen LogP contribution in [0.15, 0.2) is 48.6 Å². The van der Waals surface area contributed by atoms with Crippen LogP contribution in [0.5, 0.6) is 0 Å². The quantitative estimate of drug-likeness (QED) is 0.0289. The number of esters is 2. The van der Waals surface area contributed by atoms with Gasteiger partial charge in [0.1, 0.15) is 12.5 Å². The molecule has 9 nitrogen and oxygen atoms in total. The maximum atomic E-state index is 14.3. The van der Waals surface area contributed by atoms with Crippen molar-refractivity contribution in [3.8, 4) is 0 Å². The molecule has 0 fully saturated rings. The van der Waals surface area contributed by atoms with E-state index in [1.807, 2.05) is 45.0 Å². The van der Waals surface area contributed by atoms with Crippen LogP contribution >= 0.6 is 0 Å². The molecule has 8 bridgehead atoms. The normalized spacial score (nSPS) is 15.8. The van der Waals surface area contributed by atoms with E-state index >= 15 is 0 Å². The second-order valence-electron chi connectivity index (χ2n) is 18.7. The molecule has 0 amide bonds. The number of aromatic nitrogens is 4. The van der Waals surface area contributed by atoms with E-state index in [0.29, 0.717) is 56.1 Å². The number of hydrogen-bond donors (Lipinski definition) is 0. The number of allylic oxidation sites excluding steroid dienone is 6. The van der Waals surface area contributed by atoms with Crippen molar-refractivity contribution in [2.75, 3.05) is 13.7 Å². The fraction of sp³-hybridized carbons (Fsp3) is 0.473. The predicted molar refractivity (Wildman–Crippen MR) is 267 cm³/mol. The second-order valence-corrected chi connectivity index (χ2v) is 18.7. The van der Waals surface area contributed by atoms with Gasteiger partial charge in [0.25, 0.3) is 0 Å². The van der Waals surface area contributed by atoms with E-state index in [4.69, 9.17) is 29.4 Å². The average molecular weight is 909 g/mol. The van der Waals surface area contributed by atoms with Gasteiger partial charge in [-0.2, -0.15) is 0 Å². The third kappa shape index (κ3) is 11.4. The summed E-state index contributed by atoms with van der Waals surface area (Å²) in [4.78, 5) is 61.4. The van der Waals surface area contributed by atoms with Gasteiger partial charge in [-0.15, -0.1) is 22.1 Å². The Morgan fingerprint density at radius 3 is 2.09 bits per heavy atom. The van der Waals surface area contributed by atoms with Crippen molar-refractivity contribution in [1.29, 1.82) is 0 Å². The Morgan fingerprint density at radius 2 is 1.45 bits per heavy atom. The largest absolute Gasteiger partial charge is 2.00 e. The number of carbonyl (C=O) groups excluding carboxylic acids is 3. The summed E-state index contributed by atoms with van der Waals surface area (Å²) >= 11 is 0. The number of carbonyl (C=O) groups is 3. The Morgan fingerprint density at radius 1 is 0.831 bits per heavy atom. The van der Waals surface area contributed by atoms with Gasteiger partial charge in [0.15, 0.2) is 5.78 Å². The Hall–Kier alpha value is -4.80. The maximum absolute atomic E-state index is 14.3. The third-order valence-electron chi connectivity index (χ3n) is 13.5. The van der Waals surface area contributed by atoms with Crippen LogP contribution in [0.25, 0.3) is 50.4 Å². The van der Waals surface area contributed by atoms with Crippen LogP contribution in [0.2, 0.25) is 0 Å². The van der Waals surface area contributed by atoms with Crippen molar-refractivity contribution in [2.45, 2.75) is 139 Å².